The Kier molecular flexibility index (Phi) is 2.25. The first-order chi connectivity index (χ1) is 4.34. The quantitative estimate of drug-likeness (QED) is 0.551. The molecule has 2 nitrogen and oxygen atoms in total. The predicted molar refractivity (Wildman–Crippen MR) is 35.1 cm³/mol. The molecular weight excluding hydrogens is 116 g/mol. The highest BCUT2D eigenvalue weighted by Crippen LogP contribution is 2.16. The summed E-state index contributed by atoms with van der Waals surface area (Å²) in [4.78, 5) is 0. The molecule has 2 heteroatoms. The second-order valence-electron chi connectivity index (χ2n) is 2.39. The Hall–Kier alpha value is -0.340. The molecule has 0 aromatic carbocycles. The van der Waals surface area contributed by atoms with Gasteiger partial charge in [0, 0.05) is 5.92 Å². The number of allylic oxidation sites excluding steroid dienone is 1. The molecule has 2 unspecified atom stereocenters. The Balaban J connectivity index is 2.30. The molecule has 0 aromatic rings. The van der Waals surface area contributed by atoms with Gasteiger partial charge in [-0.2, -0.15) is 0 Å². The smallest absolute Gasteiger partial charge is 0.0826 e. The Morgan fingerprint density at radius 2 is 2.44 bits per heavy atom. The van der Waals surface area contributed by atoms with E-state index >= 15 is 0 Å². The van der Waals surface area contributed by atoms with E-state index in [4.69, 9.17) is 9.84 Å². The molecule has 0 bridgehead atoms. The number of aliphatic hydroxyl groups is 1. The molecule has 1 rings (SSSR count). The van der Waals surface area contributed by atoms with Gasteiger partial charge in [-0.05, 0) is 6.42 Å². The van der Waals surface area contributed by atoms with Gasteiger partial charge < -0.3 is 9.84 Å². The summed E-state index contributed by atoms with van der Waals surface area (Å²) in [6, 6.07) is 0. The lowest BCUT2D eigenvalue weighted by Gasteiger charge is -2.07. The average molecular weight is 128 g/mol. The first kappa shape index (κ1) is 6.78. The molecule has 1 N–H and O–H groups in total. The van der Waals surface area contributed by atoms with Crippen LogP contribution in [-0.2, 0) is 4.74 Å². The molecule has 0 aromatic heterocycles. The Bertz CT molecular complexity index is 101. The fourth-order valence-corrected chi connectivity index (χ4v) is 1.03. The zero-order valence-corrected chi connectivity index (χ0v) is 5.42. The van der Waals surface area contributed by atoms with E-state index in [1.54, 1.807) is 0 Å². The maximum absolute atomic E-state index is 9.15. The van der Waals surface area contributed by atoms with Crippen molar-refractivity contribution in [1.82, 2.24) is 0 Å². The zero-order valence-electron chi connectivity index (χ0n) is 5.42. The lowest BCUT2D eigenvalue weighted by atomic mass is 10.0. The van der Waals surface area contributed by atoms with Crippen LogP contribution in [0.15, 0.2) is 12.7 Å². The summed E-state index contributed by atoms with van der Waals surface area (Å²) in [5.41, 5.74) is 0. The minimum absolute atomic E-state index is 0.261. The number of rotatable bonds is 2. The molecule has 0 spiro atoms. The normalized spacial score (nSPS) is 34.8. The molecule has 2 atom stereocenters. The van der Waals surface area contributed by atoms with E-state index in [0.717, 1.165) is 6.42 Å². The van der Waals surface area contributed by atoms with Gasteiger partial charge in [-0.3, -0.25) is 0 Å². The van der Waals surface area contributed by atoms with Crippen molar-refractivity contribution in [1.29, 1.82) is 0 Å². The van der Waals surface area contributed by atoms with Crippen LogP contribution in [0.5, 0.6) is 0 Å². The van der Waals surface area contributed by atoms with E-state index in [-0.39, 0.29) is 6.10 Å². The Morgan fingerprint density at radius 1 is 1.67 bits per heavy atom. The molecule has 1 aliphatic heterocycles. The molecule has 1 heterocycles. The van der Waals surface area contributed by atoms with Gasteiger partial charge in [0.25, 0.3) is 0 Å². The standard InChI is InChI=1S/C7H12O2/c1-2-3-6-4-9-5-7(6)8/h2,6-8H,1,3-5H2. The van der Waals surface area contributed by atoms with Crippen molar-refractivity contribution in [2.24, 2.45) is 5.92 Å². The Morgan fingerprint density at radius 3 is 2.89 bits per heavy atom. The van der Waals surface area contributed by atoms with Gasteiger partial charge in [0.05, 0.1) is 19.3 Å². The molecular formula is C7H12O2. The van der Waals surface area contributed by atoms with Crippen LogP contribution in [0.3, 0.4) is 0 Å². The van der Waals surface area contributed by atoms with Gasteiger partial charge >= 0.3 is 0 Å². The second-order valence-corrected chi connectivity index (χ2v) is 2.39. The van der Waals surface area contributed by atoms with Crippen LogP contribution in [0.25, 0.3) is 0 Å². The van der Waals surface area contributed by atoms with E-state index in [1.165, 1.54) is 0 Å². The fourth-order valence-electron chi connectivity index (χ4n) is 1.03. The SMILES string of the molecule is C=CCC1COCC1O. The topological polar surface area (TPSA) is 29.5 Å². The van der Waals surface area contributed by atoms with Gasteiger partial charge in [-0.15, -0.1) is 6.58 Å². The van der Waals surface area contributed by atoms with Crippen LogP contribution in [0.2, 0.25) is 0 Å². The third-order valence-corrected chi connectivity index (χ3v) is 1.63. The minimum Gasteiger partial charge on any atom is -0.390 e. The molecule has 0 aliphatic carbocycles. The van der Waals surface area contributed by atoms with Gasteiger partial charge in [0.2, 0.25) is 0 Å². The summed E-state index contributed by atoms with van der Waals surface area (Å²) in [6.07, 6.45) is 2.42. The second kappa shape index (κ2) is 2.99. The van der Waals surface area contributed by atoms with Crippen LogP contribution in [0, 0.1) is 5.92 Å². The number of ether oxygens (including phenoxy) is 1. The van der Waals surface area contributed by atoms with Crippen molar-refractivity contribution in [3.05, 3.63) is 12.7 Å². The van der Waals surface area contributed by atoms with Crippen LogP contribution in [-0.4, -0.2) is 24.4 Å². The van der Waals surface area contributed by atoms with E-state index in [1.807, 2.05) is 6.08 Å². The maximum atomic E-state index is 9.15. The Labute approximate surface area is 55.1 Å². The van der Waals surface area contributed by atoms with Crippen LogP contribution >= 0.6 is 0 Å². The molecule has 52 valence electrons. The van der Waals surface area contributed by atoms with Gasteiger partial charge in [0.15, 0.2) is 0 Å². The van der Waals surface area contributed by atoms with Crippen molar-refractivity contribution in [2.75, 3.05) is 13.2 Å². The van der Waals surface area contributed by atoms with Crippen LogP contribution in [0.4, 0.5) is 0 Å². The van der Waals surface area contributed by atoms with E-state index in [0.29, 0.717) is 19.1 Å². The molecule has 0 amide bonds. The van der Waals surface area contributed by atoms with E-state index < -0.39 is 0 Å². The van der Waals surface area contributed by atoms with Crippen molar-refractivity contribution in [3.63, 3.8) is 0 Å². The van der Waals surface area contributed by atoms with Gasteiger partial charge in [0.1, 0.15) is 0 Å². The van der Waals surface area contributed by atoms with Crippen LogP contribution < -0.4 is 0 Å². The van der Waals surface area contributed by atoms with Crippen molar-refractivity contribution in [2.45, 2.75) is 12.5 Å². The summed E-state index contributed by atoms with van der Waals surface area (Å²) in [5, 5.41) is 9.15. The third-order valence-electron chi connectivity index (χ3n) is 1.63. The summed E-state index contributed by atoms with van der Waals surface area (Å²) < 4.78 is 5.02. The summed E-state index contributed by atoms with van der Waals surface area (Å²) in [5.74, 6) is 0.294. The van der Waals surface area contributed by atoms with Gasteiger partial charge in [-0.1, -0.05) is 6.08 Å². The van der Waals surface area contributed by atoms with Crippen molar-refractivity contribution < 1.29 is 9.84 Å². The third kappa shape index (κ3) is 1.53. The zero-order chi connectivity index (χ0) is 6.69. The lowest BCUT2D eigenvalue weighted by molar-refractivity contribution is 0.119. The molecule has 0 saturated carbocycles. The monoisotopic (exact) mass is 128 g/mol. The molecule has 1 saturated heterocycles. The highest BCUT2D eigenvalue weighted by molar-refractivity contribution is 4.81. The molecule has 9 heavy (non-hydrogen) atoms. The molecule has 1 aliphatic rings. The largest absolute Gasteiger partial charge is 0.390 e. The average Bonchev–Trinajstić information content (AvgIpc) is 2.18. The predicted octanol–water partition coefficient (Wildman–Crippen LogP) is 0.570. The number of aliphatic hydroxyl groups excluding tert-OH is 1. The summed E-state index contributed by atoms with van der Waals surface area (Å²) >= 11 is 0. The fraction of sp³-hybridized carbons (Fsp3) is 0.714. The van der Waals surface area contributed by atoms with Crippen LogP contribution in [0.1, 0.15) is 6.42 Å². The van der Waals surface area contributed by atoms with Gasteiger partial charge in [-0.25, -0.2) is 0 Å². The number of hydrogen-bond acceptors (Lipinski definition) is 2. The summed E-state index contributed by atoms with van der Waals surface area (Å²) in [7, 11) is 0. The lowest BCUT2D eigenvalue weighted by Crippen LogP contribution is -2.16. The first-order valence-corrected chi connectivity index (χ1v) is 3.21. The highest BCUT2D eigenvalue weighted by Gasteiger charge is 2.24. The van der Waals surface area contributed by atoms with Crippen molar-refractivity contribution in [3.8, 4) is 0 Å². The highest BCUT2D eigenvalue weighted by atomic mass is 16.5. The summed E-state index contributed by atoms with van der Waals surface area (Å²) in [6.45, 7) is 4.78. The first-order valence-electron chi connectivity index (χ1n) is 3.21. The van der Waals surface area contributed by atoms with Crippen molar-refractivity contribution >= 4 is 0 Å². The number of hydrogen-bond donors (Lipinski definition) is 1. The maximum Gasteiger partial charge on any atom is 0.0826 e. The molecule has 1 fully saturated rings. The molecule has 0 radical (unpaired) electrons. The van der Waals surface area contributed by atoms with E-state index in [2.05, 4.69) is 6.58 Å². The minimum atomic E-state index is -0.261. The van der Waals surface area contributed by atoms with E-state index in [9.17, 15) is 0 Å².